The molecule has 2 unspecified atom stereocenters. The Morgan fingerprint density at radius 2 is 1.58 bits per heavy atom. The van der Waals surface area contributed by atoms with Gasteiger partial charge in [0.25, 0.3) is 0 Å². The minimum atomic E-state index is 0.258. The third-order valence-electron chi connectivity index (χ3n) is 5.63. The van der Waals surface area contributed by atoms with Crippen LogP contribution in [0.2, 0.25) is 0 Å². The second-order valence-corrected chi connectivity index (χ2v) is 7.59. The molecule has 4 heteroatoms. The summed E-state index contributed by atoms with van der Waals surface area (Å²) in [6.07, 6.45) is 7.39. The number of rotatable bonds is 7. The van der Waals surface area contributed by atoms with E-state index in [-0.39, 0.29) is 5.92 Å². The van der Waals surface area contributed by atoms with Gasteiger partial charge < -0.3 is 9.47 Å². The van der Waals surface area contributed by atoms with E-state index in [9.17, 15) is 5.26 Å². The summed E-state index contributed by atoms with van der Waals surface area (Å²) < 4.78 is 11.9. The summed E-state index contributed by atoms with van der Waals surface area (Å²) >= 11 is 0. The van der Waals surface area contributed by atoms with Gasteiger partial charge in [0.15, 0.2) is 11.5 Å². The molecule has 1 heterocycles. The van der Waals surface area contributed by atoms with E-state index >= 15 is 0 Å². The fraction of sp³-hybridized carbons (Fsp3) is 0.682. The number of benzene rings is 1. The molecule has 2 aliphatic rings. The highest BCUT2D eigenvalue weighted by molar-refractivity contribution is 5.48. The lowest BCUT2D eigenvalue weighted by atomic mass is 10.0. The molecule has 0 amide bonds. The zero-order valence-corrected chi connectivity index (χ0v) is 16.3. The van der Waals surface area contributed by atoms with Crippen LogP contribution in [0.5, 0.6) is 11.5 Å². The Morgan fingerprint density at radius 3 is 2.04 bits per heavy atom. The molecule has 4 nitrogen and oxygen atoms in total. The maximum Gasteiger partial charge on any atom is 0.161 e. The lowest BCUT2D eigenvalue weighted by molar-refractivity contribution is 0.206. The van der Waals surface area contributed by atoms with Crippen LogP contribution < -0.4 is 9.47 Å². The molecule has 0 saturated heterocycles. The molecule has 0 radical (unpaired) electrons. The highest BCUT2D eigenvalue weighted by atomic mass is 16.5. The summed E-state index contributed by atoms with van der Waals surface area (Å²) in [7, 11) is 0. The minimum Gasteiger partial charge on any atom is -0.490 e. The van der Waals surface area contributed by atoms with Crippen molar-refractivity contribution in [3.63, 3.8) is 0 Å². The first-order chi connectivity index (χ1) is 12.7. The standard InChI is InChI=1S/C22H32N2O2/c1-3-11-25-21-14-18-7-9-24(20-6-5-17(13-20)16-23)10-8-19(18)15-22(21)26-12-4-2/h14-15,17,20H,3-13H2,1-2H3. The van der Waals surface area contributed by atoms with E-state index in [4.69, 9.17) is 9.47 Å². The predicted molar refractivity (Wildman–Crippen MR) is 104 cm³/mol. The lowest BCUT2D eigenvalue weighted by Crippen LogP contribution is -2.35. The Kier molecular flexibility index (Phi) is 6.80. The molecule has 1 saturated carbocycles. The number of nitriles is 1. The Labute approximate surface area is 158 Å². The van der Waals surface area contributed by atoms with Gasteiger partial charge in [-0.15, -0.1) is 0 Å². The number of fused-ring (bicyclic) bond motifs is 1. The van der Waals surface area contributed by atoms with Crippen molar-refractivity contribution in [2.75, 3.05) is 26.3 Å². The molecule has 26 heavy (non-hydrogen) atoms. The first kappa shape index (κ1) is 19.0. The van der Waals surface area contributed by atoms with E-state index in [2.05, 4.69) is 36.9 Å². The molecule has 1 fully saturated rings. The molecule has 142 valence electrons. The van der Waals surface area contributed by atoms with E-state index < -0.39 is 0 Å². The topological polar surface area (TPSA) is 45.5 Å². The van der Waals surface area contributed by atoms with Crippen LogP contribution in [0.25, 0.3) is 0 Å². The highest BCUT2D eigenvalue weighted by Gasteiger charge is 2.30. The van der Waals surface area contributed by atoms with E-state index in [1.165, 1.54) is 17.5 Å². The second-order valence-electron chi connectivity index (χ2n) is 7.59. The van der Waals surface area contributed by atoms with E-state index in [1.54, 1.807) is 0 Å². The van der Waals surface area contributed by atoms with Crippen molar-refractivity contribution < 1.29 is 9.47 Å². The monoisotopic (exact) mass is 356 g/mol. The molecule has 0 aromatic heterocycles. The highest BCUT2D eigenvalue weighted by Crippen LogP contribution is 2.35. The van der Waals surface area contributed by atoms with Crippen LogP contribution >= 0.6 is 0 Å². The Hall–Kier alpha value is -1.73. The fourth-order valence-electron chi connectivity index (χ4n) is 4.17. The first-order valence-corrected chi connectivity index (χ1v) is 10.3. The lowest BCUT2D eigenvalue weighted by Gasteiger charge is -2.27. The molecule has 2 atom stereocenters. The van der Waals surface area contributed by atoms with Gasteiger partial charge in [0.1, 0.15) is 0 Å². The maximum atomic E-state index is 9.19. The quantitative estimate of drug-likeness (QED) is 0.728. The normalized spacial score (nSPS) is 23.1. The molecule has 1 aromatic rings. The third-order valence-corrected chi connectivity index (χ3v) is 5.63. The van der Waals surface area contributed by atoms with Gasteiger partial charge in [-0.1, -0.05) is 13.8 Å². The number of nitrogens with zero attached hydrogens (tertiary/aromatic N) is 2. The Bertz CT molecular complexity index is 599. The van der Waals surface area contributed by atoms with Crippen molar-refractivity contribution in [2.45, 2.75) is 64.8 Å². The van der Waals surface area contributed by atoms with Crippen molar-refractivity contribution in [3.05, 3.63) is 23.3 Å². The van der Waals surface area contributed by atoms with Gasteiger partial charge >= 0.3 is 0 Å². The van der Waals surface area contributed by atoms with Crippen LogP contribution in [0.1, 0.15) is 57.1 Å². The summed E-state index contributed by atoms with van der Waals surface area (Å²) in [6.45, 7) is 7.88. The zero-order chi connectivity index (χ0) is 18.4. The average molecular weight is 357 g/mol. The molecule has 0 bridgehead atoms. The first-order valence-electron chi connectivity index (χ1n) is 10.3. The molecule has 1 aliphatic carbocycles. The van der Waals surface area contributed by atoms with Gasteiger partial charge in [0, 0.05) is 25.0 Å². The number of hydrogen-bond acceptors (Lipinski definition) is 4. The predicted octanol–water partition coefficient (Wildman–Crippen LogP) is 4.36. The molecule has 1 aliphatic heterocycles. The molecular formula is C22H32N2O2. The summed E-state index contributed by atoms with van der Waals surface area (Å²) in [5.74, 6) is 2.06. The van der Waals surface area contributed by atoms with Gasteiger partial charge in [0.2, 0.25) is 0 Å². The molecular weight excluding hydrogens is 324 g/mol. The van der Waals surface area contributed by atoms with Crippen molar-refractivity contribution in [3.8, 4) is 17.6 Å². The van der Waals surface area contributed by atoms with Gasteiger partial charge in [-0.3, -0.25) is 4.90 Å². The largest absolute Gasteiger partial charge is 0.490 e. The van der Waals surface area contributed by atoms with E-state index in [0.717, 1.165) is 76.3 Å². The van der Waals surface area contributed by atoms with Crippen LogP contribution in [0, 0.1) is 17.2 Å². The zero-order valence-electron chi connectivity index (χ0n) is 16.3. The van der Waals surface area contributed by atoms with Crippen LogP contribution in [0.4, 0.5) is 0 Å². The fourth-order valence-corrected chi connectivity index (χ4v) is 4.17. The number of ether oxygens (including phenoxy) is 2. The maximum absolute atomic E-state index is 9.19. The van der Waals surface area contributed by atoms with Gasteiger partial charge in [-0.2, -0.15) is 5.26 Å². The van der Waals surface area contributed by atoms with Crippen molar-refractivity contribution in [2.24, 2.45) is 5.92 Å². The summed E-state index contributed by atoms with van der Waals surface area (Å²) in [5, 5.41) is 9.19. The van der Waals surface area contributed by atoms with E-state index in [0.29, 0.717) is 6.04 Å². The second kappa shape index (κ2) is 9.28. The summed E-state index contributed by atoms with van der Waals surface area (Å²) in [5.41, 5.74) is 2.80. The van der Waals surface area contributed by atoms with E-state index in [1.807, 2.05) is 0 Å². The summed E-state index contributed by atoms with van der Waals surface area (Å²) in [4.78, 5) is 2.61. The minimum absolute atomic E-state index is 0.258. The van der Waals surface area contributed by atoms with Crippen LogP contribution in [-0.4, -0.2) is 37.2 Å². The number of hydrogen-bond donors (Lipinski definition) is 0. The van der Waals surface area contributed by atoms with Crippen LogP contribution in [0.15, 0.2) is 12.1 Å². The smallest absolute Gasteiger partial charge is 0.161 e. The van der Waals surface area contributed by atoms with Crippen molar-refractivity contribution in [1.29, 1.82) is 5.26 Å². The molecule has 1 aromatic carbocycles. The van der Waals surface area contributed by atoms with Gasteiger partial charge in [0.05, 0.1) is 19.3 Å². The Balaban J connectivity index is 1.73. The average Bonchev–Trinajstić information content (AvgIpc) is 3.05. The van der Waals surface area contributed by atoms with Gasteiger partial charge in [-0.25, -0.2) is 0 Å². The third kappa shape index (κ3) is 4.51. The molecule has 0 spiro atoms. The van der Waals surface area contributed by atoms with Crippen molar-refractivity contribution >= 4 is 0 Å². The summed E-state index contributed by atoms with van der Waals surface area (Å²) in [6, 6.07) is 7.47. The molecule has 3 rings (SSSR count). The van der Waals surface area contributed by atoms with Crippen molar-refractivity contribution in [1.82, 2.24) is 4.90 Å². The van der Waals surface area contributed by atoms with Gasteiger partial charge in [-0.05, 0) is 68.2 Å². The van der Waals surface area contributed by atoms with Crippen LogP contribution in [-0.2, 0) is 12.8 Å². The molecule has 0 N–H and O–H groups in total. The van der Waals surface area contributed by atoms with Crippen LogP contribution in [0.3, 0.4) is 0 Å². The Morgan fingerprint density at radius 1 is 1.00 bits per heavy atom. The SMILES string of the molecule is CCCOc1cc2c(cc1OCCC)CCN(C1CCC(C#N)C1)CC2.